The average Bonchev–Trinajstić information content (AvgIpc) is 2.76. The Hall–Kier alpha value is -3.09. The number of hydrogen-bond donors (Lipinski definition) is 2. The molecule has 2 N–H and O–H groups in total. The van der Waals surface area contributed by atoms with Crippen molar-refractivity contribution in [3.05, 3.63) is 88.2 Å². The van der Waals surface area contributed by atoms with Crippen molar-refractivity contribution in [2.75, 3.05) is 5.32 Å². The fraction of sp³-hybridized carbons (Fsp3) is 0.136. The largest absolute Gasteiger partial charge is 0.479 e. The third kappa shape index (κ3) is 5.72. The van der Waals surface area contributed by atoms with Crippen LogP contribution < -0.4 is 15.4 Å². The summed E-state index contributed by atoms with van der Waals surface area (Å²) in [5, 5.41) is 6.20. The molecule has 2 aromatic carbocycles. The first-order valence-electron chi connectivity index (χ1n) is 9.12. The average molecular weight is 444 g/mol. The predicted octanol–water partition coefficient (Wildman–Crippen LogP) is 4.72. The monoisotopic (exact) mass is 443 g/mol. The SMILES string of the molecule is C[C@@H](Oc1cccc(Cl)c1Cl)C(=O)NCc1ccc(C(=O)Nc2ccncc2)cc1. The normalized spacial score (nSPS) is 11.4. The first-order chi connectivity index (χ1) is 14.4. The molecule has 0 radical (unpaired) electrons. The van der Waals surface area contributed by atoms with E-state index in [0.717, 1.165) is 5.56 Å². The lowest BCUT2D eigenvalue weighted by Gasteiger charge is -2.16. The summed E-state index contributed by atoms with van der Waals surface area (Å²) in [5.41, 5.74) is 2.02. The molecule has 0 saturated carbocycles. The number of rotatable bonds is 7. The number of carbonyl (C=O) groups is 2. The maximum Gasteiger partial charge on any atom is 0.261 e. The molecule has 6 nitrogen and oxygen atoms in total. The van der Waals surface area contributed by atoms with Crippen LogP contribution in [-0.2, 0) is 11.3 Å². The molecule has 1 heterocycles. The van der Waals surface area contributed by atoms with Gasteiger partial charge in [-0.05, 0) is 48.9 Å². The minimum absolute atomic E-state index is 0.225. The van der Waals surface area contributed by atoms with Crippen LogP contribution in [0.3, 0.4) is 0 Å². The van der Waals surface area contributed by atoms with Gasteiger partial charge in [0.15, 0.2) is 6.10 Å². The van der Waals surface area contributed by atoms with E-state index in [0.29, 0.717) is 28.6 Å². The molecule has 0 aliphatic heterocycles. The van der Waals surface area contributed by atoms with Crippen LogP contribution in [0, 0.1) is 0 Å². The minimum Gasteiger partial charge on any atom is -0.479 e. The van der Waals surface area contributed by atoms with Gasteiger partial charge in [-0.1, -0.05) is 41.4 Å². The second kappa shape index (κ2) is 10.1. The third-order valence-corrected chi connectivity index (χ3v) is 5.01. The molecule has 1 aromatic heterocycles. The Balaban J connectivity index is 1.52. The lowest BCUT2D eigenvalue weighted by Crippen LogP contribution is -2.36. The molecular weight excluding hydrogens is 425 g/mol. The van der Waals surface area contributed by atoms with Gasteiger partial charge in [0.25, 0.3) is 11.8 Å². The molecule has 0 fully saturated rings. The van der Waals surface area contributed by atoms with E-state index in [1.165, 1.54) is 0 Å². The maximum atomic E-state index is 12.3. The van der Waals surface area contributed by atoms with Gasteiger partial charge in [0, 0.05) is 30.2 Å². The first-order valence-corrected chi connectivity index (χ1v) is 9.88. The van der Waals surface area contributed by atoms with Gasteiger partial charge in [-0.15, -0.1) is 0 Å². The summed E-state index contributed by atoms with van der Waals surface area (Å²) in [6.45, 7) is 1.92. The summed E-state index contributed by atoms with van der Waals surface area (Å²) in [6, 6.07) is 15.4. The van der Waals surface area contributed by atoms with Crippen molar-refractivity contribution in [2.45, 2.75) is 19.6 Å². The molecule has 154 valence electrons. The number of nitrogens with one attached hydrogen (secondary N) is 2. The first kappa shape index (κ1) is 21.6. The summed E-state index contributed by atoms with van der Waals surface area (Å²) in [4.78, 5) is 28.5. The topological polar surface area (TPSA) is 80.3 Å². The quantitative estimate of drug-likeness (QED) is 0.553. The number of benzene rings is 2. The zero-order valence-corrected chi connectivity index (χ0v) is 17.6. The summed E-state index contributed by atoms with van der Waals surface area (Å²) in [7, 11) is 0. The van der Waals surface area contributed by atoms with Crippen molar-refractivity contribution in [3.63, 3.8) is 0 Å². The van der Waals surface area contributed by atoms with Crippen LogP contribution in [0.15, 0.2) is 67.0 Å². The zero-order valence-electron chi connectivity index (χ0n) is 16.1. The lowest BCUT2D eigenvalue weighted by atomic mass is 10.1. The van der Waals surface area contributed by atoms with E-state index in [2.05, 4.69) is 15.6 Å². The van der Waals surface area contributed by atoms with Crippen molar-refractivity contribution in [1.82, 2.24) is 10.3 Å². The number of aromatic nitrogens is 1. The van der Waals surface area contributed by atoms with Crippen LogP contribution in [0.4, 0.5) is 5.69 Å². The molecule has 0 aliphatic rings. The second-order valence-electron chi connectivity index (χ2n) is 6.42. The van der Waals surface area contributed by atoms with E-state index in [9.17, 15) is 9.59 Å². The highest BCUT2D eigenvalue weighted by Gasteiger charge is 2.17. The molecular formula is C22H19Cl2N3O3. The molecule has 3 rings (SSSR count). The number of hydrogen-bond acceptors (Lipinski definition) is 4. The number of ether oxygens (including phenoxy) is 1. The number of pyridine rings is 1. The summed E-state index contributed by atoms with van der Waals surface area (Å²) in [6.07, 6.45) is 2.45. The highest BCUT2D eigenvalue weighted by atomic mass is 35.5. The molecule has 0 aliphatic carbocycles. The highest BCUT2D eigenvalue weighted by molar-refractivity contribution is 6.42. The van der Waals surface area contributed by atoms with Gasteiger partial charge in [0.2, 0.25) is 0 Å². The Morgan fingerprint density at radius 3 is 2.43 bits per heavy atom. The van der Waals surface area contributed by atoms with Crippen molar-refractivity contribution in [1.29, 1.82) is 0 Å². The van der Waals surface area contributed by atoms with Gasteiger partial charge in [0.1, 0.15) is 10.8 Å². The standard InChI is InChI=1S/C22H19Cl2N3O3/c1-14(30-19-4-2-3-18(23)20(19)24)21(28)26-13-15-5-7-16(8-6-15)22(29)27-17-9-11-25-12-10-17/h2-12,14H,13H2,1H3,(H,26,28)(H,25,27,29)/t14-/m1/s1. The molecule has 0 unspecified atom stereocenters. The van der Waals surface area contributed by atoms with Gasteiger partial charge in [-0.2, -0.15) is 0 Å². The Bertz CT molecular complexity index is 1030. The molecule has 0 saturated heterocycles. The number of halogens is 2. The predicted molar refractivity (Wildman–Crippen MR) is 117 cm³/mol. The van der Waals surface area contributed by atoms with Crippen LogP contribution in [0.5, 0.6) is 5.75 Å². The Labute approximate surface area is 184 Å². The van der Waals surface area contributed by atoms with Gasteiger partial charge in [0.05, 0.1) is 5.02 Å². The summed E-state index contributed by atoms with van der Waals surface area (Å²) < 4.78 is 5.60. The molecule has 2 amide bonds. The molecule has 0 bridgehead atoms. The van der Waals surface area contributed by atoms with Crippen LogP contribution >= 0.6 is 23.2 Å². The van der Waals surface area contributed by atoms with E-state index in [4.69, 9.17) is 27.9 Å². The van der Waals surface area contributed by atoms with Crippen molar-refractivity contribution in [2.24, 2.45) is 0 Å². The molecule has 1 atom stereocenters. The van der Waals surface area contributed by atoms with Crippen LogP contribution in [0.2, 0.25) is 10.0 Å². The Kier molecular flexibility index (Phi) is 7.27. The second-order valence-corrected chi connectivity index (χ2v) is 7.20. The Morgan fingerprint density at radius 1 is 1.03 bits per heavy atom. The Morgan fingerprint density at radius 2 is 1.73 bits per heavy atom. The summed E-state index contributed by atoms with van der Waals surface area (Å²) in [5.74, 6) is -0.181. The molecule has 0 spiro atoms. The number of anilines is 1. The van der Waals surface area contributed by atoms with E-state index >= 15 is 0 Å². The van der Waals surface area contributed by atoms with E-state index in [1.54, 1.807) is 73.9 Å². The van der Waals surface area contributed by atoms with Gasteiger partial charge >= 0.3 is 0 Å². The van der Waals surface area contributed by atoms with Crippen LogP contribution in [0.1, 0.15) is 22.8 Å². The lowest BCUT2D eigenvalue weighted by molar-refractivity contribution is -0.127. The van der Waals surface area contributed by atoms with Crippen LogP contribution in [0.25, 0.3) is 0 Å². The molecule has 30 heavy (non-hydrogen) atoms. The zero-order chi connectivity index (χ0) is 21.5. The smallest absolute Gasteiger partial charge is 0.261 e. The van der Waals surface area contributed by atoms with Crippen molar-refractivity contribution < 1.29 is 14.3 Å². The number of amides is 2. The maximum absolute atomic E-state index is 12.3. The summed E-state index contributed by atoms with van der Waals surface area (Å²) >= 11 is 12.0. The van der Waals surface area contributed by atoms with Crippen molar-refractivity contribution >= 4 is 40.7 Å². The van der Waals surface area contributed by atoms with E-state index < -0.39 is 6.10 Å². The minimum atomic E-state index is -0.758. The van der Waals surface area contributed by atoms with Gasteiger partial charge in [-0.25, -0.2) is 0 Å². The molecule has 8 heteroatoms. The van der Waals surface area contributed by atoms with Gasteiger partial charge < -0.3 is 15.4 Å². The van der Waals surface area contributed by atoms with Crippen molar-refractivity contribution in [3.8, 4) is 5.75 Å². The van der Waals surface area contributed by atoms with E-state index in [-0.39, 0.29) is 16.8 Å². The number of carbonyl (C=O) groups excluding carboxylic acids is 2. The third-order valence-electron chi connectivity index (χ3n) is 4.21. The molecule has 3 aromatic rings. The number of nitrogens with zero attached hydrogens (tertiary/aromatic N) is 1. The fourth-order valence-electron chi connectivity index (χ4n) is 2.56. The van der Waals surface area contributed by atoms with E-state index in [1.807, 2.05) is 0 Å². The van der Waals surface area contributed by atoms with Gasteiger partial charge in [-0.3, -0.25) is 14.6 Å². The highest BCUT2D eigenvalue weighted by Crippen LogP contribution is 2.32. The van der Waals surface area contributed by atoms with Crippen LogP contribution in [-0.4, -0.2) is 22.9 Å². The fourth-order valence-corrected chi connectivity index (χ4v) is 2.90.